The van der Waals surface area contributed by atoms with Crippen LogP contribution in [0.5, 0.6) is 0 Å². The Hall–Kier alpha value is -0.380. The molecule has 0 aromatic carbocycles. The molecule has 0 saturated heterocycles. The Labute approximate surface area is 74.0 Å². The molecule has 3 nitrogen and oxygen atoms in total. The topological polar surface area (TPSA) is 38.7 Å². The van der Waals surface area contributed by atoms with Gasteiger partial charge in [-0.15, -0.1) is 0 Å². The summed E-state index contributed by atoms with van der Waals surface area (Å²) in [6.45, 7) is 4.46. The van der Waals surface area contributed by atoms with E-state index in [1.807, 2.05) is 6.08 Å². The Morgan fingerprint density at radius 3 is 2.50 bits per heavy atom. The van der Waals surface area contributed by atoms with Crippen molar-refractivity contribution in [1.82, 2.24) is 0 Å². The van der Waals surface area contributed by atoms with Gasteiger partial charge in [-0.1, -0.05) is 26.0 Å². The quantitative estimate of drug-likeness (QED) is 0.485. The summed E-state index contributed by atoms with van der Waals surface area (Å²) in [5, 5.41) is 8.55. The average molecular weight is 174 g/mol. The number of rotatable bonds is 6. The summed E-state index contributed by atoms with van der Waals surface area (Å²) in [7, 11) is 1.59. The van der Waals surface area contributed by atoms with Crippen molar-refractivity contribution >= 4 is 0 Å². The molecule has 3 heteroatoms. The van der Waals surface area contributed by atoms with Crippen molar-refractivity contribution in [3.05, 3.63) is 12.2 Å². The van der Waals surface area contributed by atoms with Gasteiger partial charge in [-0.25, -0.2) is 0 Å². The zero-order valence-corrected chi connectivity index (χ0v) is 7.99. The Kier molecular flexibility index (Phi) is 7.05. The fourth-order valence-corrected chi connectivity index (χ4v) is 0.812. The molecule has 0 spiro atoms. The van der Waals surface area contributed by atoms with Gasteiger partial charge in [0.05, 0.1) is 12.7 Å². The van der Waals surface area contributed by atoms with Crippen LogP contribution in [0, 0.1) is 5.92 Å². The number of hydrogen-bond acceptors (Lipinski definition) is 3. The zero-order valence-electron chi connectivity index (χ0n) is 7.99. The lowest BCUT2D eigenvalue weighted by Crippen LogP contribution is -2.18. The van der Waals surface area contributed by atoms with Crippen LogP contribution in [0.4, 0.5) is 0 Å². The van der Waals surface area contributed by atoms with E-state index in [2.05, 4.69) is 13.8 Å². The third kappa shape index (κ3) is 5.29. The molecule has 0 aliphatic rings. The second kappa shape index (κ2) is 7.28. The van der Waals surface area contributed by atoms with Crippen LogP contribution in [0.15, 0.2) is 12.2 Å². The number of hydrogen-bond donors (Lipinski definition) is 1. The van der Waals surface area contributed by atoms with Gasteiger partial charge in [0, 0.05) is 7.11 Å². The zero-order chi connectivity index (χ0) is 9.40. The number of ether oxygens (including phenoxy) is 2. The number of methoxy groups -OCH3 is 1. The van der Waals surface area contributed by atoms with Gasteiger partial charge in [-0.05, 0) is 5.92 Å². The maximum Gasteiger partial charge on any atom is 0.147 e. The minimum Gasteiger partial charge on any atom is -0.392 e. The van der Waals surface area contributed by atoms with Crippen molar-refractivity contribution in [2.75, 3.05) is 20.5 Å². The minimum absolute atomic E-state index is 0.0251. The summed E-state index contributed by atoms with van der Waals surface area (Å²) in [5.74, 6) is 0.392. The van der Waals surface area contributed by atoms with E-state index < -0.39 is 0 Å². The van der Waals surface area contributed by atoms with Gasteiger partial charge in [0.15, 0.2) is 0 Å². The largest absolute Gasteiger partial charge is 0.392 e. The van der Waals surface area contributed by atoms with Gasteiger partial charge in [0.1, 0.15) is 6.79 Å². The maximum absolute atomic E-state index is 8.55. The molecular formula is C9H18O3. The summed E-state index contributed by atoms with van der Waals surface area (Å²) in [6, 6.07) is 0. The van der Waals surface area contributed by atoms with Crippen LogP contribution in [0.3, 0.4) is 0 Å². The van der Waals surface area contributed by atoms with Gasteiger partial charge in [0.2, 0.25) is 0 Å². The fourth-order valence-electron chi connectivity index (χ4n) is 0.812. The normalized spacial score (nSPS) is 14.4. The van der Waals surface area contributed by atoms with E-state index in [-0.39, 0.29) is 12.7 Å². The first-order valence-corrected chi connectivity index (χ1v) is 4.10. The summed E-state index contributed by atoms with van der Waals surface area (Å²) in [6.07, 6.45) is 3.56. The fraction of sp³-hybridized carbons (Fsp3) is 0.778. The van der Waals surface area contributed by atoms with Crippen molar-refractivity contribution < 1.29 is 14.6 Å². The van der Waals surface area contributed by atoms with E-state index in [0.29, 0.717) is 12.7 Å². The standard InChI is InChI=1S/C9H18O3/c1-8(2)9(5-4-6-10)12-7-11-3/h4-5,8-10H,6-7H2,1-3H3/b5-4+/t9-/m1/s1. The third-order valence-electron chi connectivity index (χ3n) is 1.47. The number of aliphatic hydroxyl groups is 1. The average Bonchev–Trinajstić information content (AvgIpc) is 2.04. The first-order chi connectivity index (χ1) is 5.72. The molecule has 0 fully saturated rings. The van der Waals surface area contributed by atoms with E-state index in [9.17, 15) is 0 Å². The minimum atomic E-state index is 0.0251. The van der Waals surface area contributed by atoms with Crippen molar-refractivity contribution in [3.8, 4) is 0 Å². The van der Waals surface area contributed by atoms with Crippen molar-refractivity contribution in [1.29, 1.82) is 0 Å². The highest BCUT2D eigenvalue weighted by Crippen LogP contribution is 2.07. The monoisotopic (exact) mass is 174 g/mol. The summed E-state index contributed by atoms with van der Waals surface area (Å²) in [5.41, 5.74) is 0. The molecule has 0 aliphatic carbocycles. The molecule has 0 saturated carbocycles. The van der Waals surface area contributed by atoms with Crippen molar-refractivity contribution in [2.45, 2.75) is 20.0 Å². The van der Waals surface area contributed by atoms with Crippen LogP contribution in [0.25, 0.3) is 0 Å². The molecule has 0 aliphatic heterocycles. The van der Waals surface area contributed by atoms with Crippen LogP contribution in [-0.4, -0.2) is 31.7 Å². The van der Waals surface area contributed by atoms with Crippen LogP contribution < -0.4 is 0 Å². The smallest absolute Gasteiger partial charge is 0.147 e. The predicted molar refractivity (Wildman–Crippen MR) is 47.8 cm³/mol. The first-order valence-electron chi connectivity index (χ1n) is 4.10. The van der Waals surface area contributed by atoms with E-state index >= 15 is 0 Å². The Balaban J connectivity index is 3.78. The van der Waals surface area contributed by atoms with Crippen molar-refractivity contribution in [3.63, 3.8) is 0 Å². The van der Waals surface area contributed by atoms with Gasteiger partial charge in [0.25, 0.3) is 0 Å². The lowest BCUT2D eigenvalue weighted by atomic mass is 10.1. The lowest BCUT2D eigenvalue weighted by Gasteiger charge is -2.16. The lowest BCUT2D eigenvalue weighted by molar-refractivity contribution is -0.0686. The number of aliphatic hydroxyl groups excluding tert-OH is 1. The second-order valence-corrected chi connectivity index (χ2v) is 2.89. The van der Waals surface area contributed by atoms with Crippen molar-refractivity contribution in [2.24, 2.45) is 5.92 Å². The summed E-state index contributed by atoms with van der Waals surface area (Å²) >= 11 is 0. The Morgan fingerprint density at radius 1 is 1.42 bits per heavy atom. The molecule has 0 radical (unpaired) electrons. The van der Waals surface area contributed by atoms with Gasteiger partial charge < -0.3 is 14.6 Å². The molecule has 0 bridgehead atoms. The molecule has 0 aromatic heterocycles. The first kappa shape index (κ1) is 11.6. The maximum atomic E-state index is 8.55. The van der Waals surface area contributed by atoms with E-state index in [0.717, 1.165) is 0 Å². The highest BCUT2D eigenvalue weighted by Gasteiger charge is 2.08. The molecule has 1 atom stereocenters. The van der Waals surface area contributed by atoms with Crippen LogP contribution in [-0.2, 0) is 9.47 Å². The third-order valence-corrected chi connectivity index (χ3v) is 1.47. The molecule has 0 rings (SSSR count). The highest BCUT2D eigenvalue weighted by molar-refractivity contribution is 4.90. The molecule has 0 unspecified atom stereocenters. The van der Waals surface area contributed by atoms with E-state index in [4.69, 9.17) is 14.6 Å². The Bertz CT molecular complexity index is 121. The Morgan fingerprint density at radius 2 is 2.08 bits per heavy atom. The molecule has 0 heterocycles. The van der Waals surface area contributed by atoms with E-state index in [1.54, 1.807) is 13.2 Å². The van der Waals surface area contributed by atoms with Crippen LogP contribution in [0.1, 0.15) is 13.8 Å². The van der Waals surface area contributed by atoms with Crippen LogP contribution >= 0.6 is 0 Å². The predicted octanol–water partition coefficient (Wildman–Crippen LogP) is 1.18. The van der Waals surface area contributed by atoms with Crippen LogP contribution in [0.2, 0.25) is 0 Å². The summed E-state index contributed by atoms with van der Waals surface area (Å²) in [4.78, 5) is 0. The molecule has 0 aromatic rings. The highest BCUT2D eigenvalue weighted by atomic mass is 16.7. The van der Waals surface area contributed by atoms with Gasteiger partial charge >= 0.3 is 0 Å². The molecular weight excluding hydrogens is 156 g/mol. The SMILES string of the molecule is COCO[C@H](/C=C/CO)C(C)C. The van der Waals surface area contributed by atoms with E-state index in [1.165, 1.54) is 0 Å². The summed E-state index contributed by atoms with van der Waals surface area (Å²) < 4.78 is 10.1. The molecule has 0 amide bonds. The second-order valence-electron chi connectivity index (χ2n) is 2.89. The molecule has 12 heavy (non-hydrogen) atoms. The van der Waals surface area contributed by atoms with Gasteiger partial charge in [-0.2, -0.15) is 0 Å². The molecule has 1 N–H and O–H groups in total. The molecule has 72 valence electrons. The van der Waals surface area contributed by atoms with Gasteiger partial charge in [-0.3, -0.25) is 0 Å².